The van der Waals surface area contributed by atoms with Crippen molar-refractivity contribution >= 4 is 23.2 Å². The van der Waals surface area contributed by atoms with Crippen molar-refractivity contribution in [1.29, 1.82) is 0 Å². The van der Waals surface area contributed by atoms with E-state index in [9.17, 15) is 4.79 Å². The number of nitrogens with one attached hydrogen (secondary N) is 1. The van der Waals surface area contributed by atoms with Crippen molar-refractivity contribution in [3.05, 3.63) is 28.8 Å². The molecule has 3 nitrogen and oxygen atoms in total. The molecular weight excluding hydrogens is 260 g/mol. The van der Waals surface area contributed by atoms with Crippen LogP contribution in [-0.4, -0.2) is 11.9 Å². The molecule has 0 heterocycles. The van der Waals surface area contributed by atoms with Crippen molar-refractivity contribution in [3.63, 3.8) is 0 Å². The molecule has 0 radical (unpaired) electrons. The third kappa shape index (κ3) is 1.68. The zero-order chi connectivity index (χ0) is 13.1. The van der Waals surface area contributed by atoms with Gasteiger partial charge in [0.05, 0.1) is 5.56 Å². The lowest BCUT2D eigenvalue weighted by atomic mass is 10.0. The van der Waals surface area contributed by atoms with E-state index in [2.05, 4.69) is 5.32 Å². The summed E-state index contributed by atoms with van der Waals surface area (Å²) in [7, 11) is 0. The van der Waals surface area contributed by atoms with Crippen LogP contribution in [0.5, 0.6) is 0 Å². The Balaban J connectivity index is 1.50. The second kappa shape index (κ2) is 3.89. The van der Waals surface area contributed by atoms with Crippen LogP contribution in [0.4, 0.5) is 5.69 Å². The molecule has 4 atom stereocenters. The third-order valence-corrected chi connectivity index (χ3v) is 5.53. The van der Waals surface area contributed by atoms with E-state index >= 15 is 0 Å². The van der Waals surface area contributed by atoms with Crippen molar-refractivity contribution in [3.8, 4) is 0 Å². The number of benzene rings is 1. The molecule has 2 bridgehead atoms. The Morgan fingerprint density at radius 2 is 1.95 bits per heavy atom. The number of hydrogen-bond donors (Lipinski definition) is 2. The van der Waals surface area contributed by atoms with Crippen LogP contribution in [0.2, 0.25) is 5.02 Å². The smallest absolute Gasteiger partial charge is 0.253 e. The fourth-order valence-corrected chi connectivity index (χ4v) is 4.64. The average Bonchev–Trinajstić information content (AvgIpc) is 2.80. The average molecular weight is 277 g/mol. The van der Waals surface area contributed by atoms with Crippen molar-refractivity contribution in [2.24, 2.45) is 23.7 Å². The maximum atomic E-state index is 12.3. The number of carbonyl (C=O) groups excluding carboxylic acids is 1. The summed E-state index contributed by atoms with van der Waals surface area (Å²) in [6, 6.07) is 5.44. The number of nitrogens with two attached hydrogens (primary N) is 1. The second-order valence-corrected chi connectivity index (χ2v) is 6.66. The van der Waals surface area contributed by atoms with Gasteiger partial charge in [-0.3, -0.25) is 4.79 Å². The van der Waals surface area contributed by atoms with E-state index in [0.29, 0.717) is 22.3 Å². The van der Waals surface area contributed by atoms with Gasteiger partial charge in [0.2, 0.25) is 0 Å². The van der Waals surface area contributed by atoms with E-state index in [1.165, 1.54) is 19.3 Å². The molecule has 4 heteroatoms. The summed E-state index contributed by atoms with van der Waals surface area (Å²) < 4.78 is 0. The number of fused-ring (bicyclic) bond motifs is 5. The minimum absolute atomic E-state index is 0.0706. The number of nitrogen functional groups attached to an aromatic ring is 1. The Morgan fingerprint density at radius 1 is 1.26 bits per heavy atom. The van der Waals surface area contributed by atoms with Crippen LogP contribution in [0.3, 0.4) is 0 Å². The van der Waals surface area contributed by atoms with Crippen LogP contribution in [0, 0.1) is 23.7 Å². The highest BCUT2D eigenvalue weighted by Gasteiger charge is 2.65. The molecule has 0 spiro atoms. The molecule has 0 saturated heterocycles. The van der Waals surface area contributed by atoms with Gasteiger partial charge in [-0.25, -0.2) is 0 Å². The van der Waals surface area contributed by atoms with E-state index in [1.807, 2.05) is 0 Å². The van der Waals surface area contributed by atoms with Crippen LogP contribution in [0.1, 0.15) is 29.6 Å². The van der Waals surface area contributed by atoms with Crippen molar-refractivity contribution < 1.29 is 4.79 Å². The van der Waals surface area contributed by atoms with Gasteiger partial charge < -0.3 is 11.1 Å². The topological polar surface area (TPSA) is 55.1 Å². The summed E-state index contributed by atoms with van der Waals surface area (Å²) in [5.41, 5.74) is 6.85. The molecule has 4 unspecified atom stereocenters. The van der Waals surface area contributed by atoms with Gasteiger partial charge in [0.25, 0.3) is 5.91 Å². The molecule has 100 valence electrons. The Kier molecular flexibility index (Phi) is 2.37. The second-order valence-electron chi connectivity index (χ2n) is 6.22. The first-order valence-electron chi connectivity index (χ1n) is 7.01. The van der Waals surface area contributed by atoms with Gasteiger partial charge in [-0.2, -0.15) is 0 Å². The molecule has 1 aromatic rings. The van der Waals surface area contributed by atoms with E-state index in [0.717, 1.165) is 23.7 Å². The Morgan fingerprint density at radius 3 is 2.63 bits per heavy atom. The normalized spacial score (nSPS) is 38.1. The summed E-state index contributed by atoms with van der Waals surface area (Å²) in [5.74, 6) is 3.12. The minimum Gasteiger partial charge on any atom is -0.398 e. The fourth-order valence-electron chi connectivity index (χ4n) is 4.47. The summed E-state index contributed by atoms with van der Waals surface area (Å²) in [6.45, 7) is 0. The molecule has 3 fully saturated rings. The molecule has 0 aliphatic heterocycles. The van der Waals surface area contributed by atoms with Gasteiger partial charge in [-0.05, 0) is 61.1 Å². The summed E-state index contributed by atoms with van der Waals surface area (Å²) in [5, 5.41) is 3.71. The Labute approximate surface area is 117 Å². The first-order valence-corrected chi connectivity index (χ1v) is 7.39. The highest BCUT2D eigenvalue weighted by molar-refractivity contribution is 6.31. The minimum atomic E-state index is -0.0706. The SMILES string of the molecule is Nc1ccc(Cl)cc1C(=O)NC1C2C3CCC(C3)C12. The predicted molar refractivity (Wildman–Crippen MR) is 74.9 cm³/mol. The lowest BCUT2D eigenvalue weighted by molar-refractivity contribution is 0.0945. The number of rotatable bonds is 2. The number of hydrogen-bond acceptors (Lipinski definition) is 2. The molecule has 3 aliphatic rings. The molecule has 3 aliphatic carbocycles. The molecular formula is C15H17ClN2O. The number of carbonyl (C=O) groups is 1. The number of halogens is 1. The zero-order valence-corrected chi connectivity index (χ0v) is 11.4. The zero-order valence-electron chi connectivity index (χ0n) is 10.6. The highest BCUT2D eigenvalue weighted by Crippen LogP contribution is 2.65. The molecule has 1 aromatic carbocycles. The van der Waals surface area contributed by atoms with Crippen LogP contribution in [-0.2, 0) is 0 Å². The molecule has 3 saturated carbocycles. The summed E-state index contributed by atoms with van der Waals surface area (Å²) >= 11 is 5.93. The van der Waals surface area contributed by atoms with Crippen LogP contribution < -0.4 is 11.1 Å². The largest absolute Gasteiger partial charge is 0.398 e. The summed E-state index contributed by atoms with van der Waals surface area (Å²) in [6.07, 6.45) is 4.11. The van der Waals surface area contributed by atoms with E-state index < -0.39 is 0 Å². The molecule has 4 rings (SSSR count). The molecule has 1 amide bonds. The van der Waals surface area contributed by atoms with Gasteiger partial charge >= 0.3 is 0 Å². The maximum Gasteiger partial charge on any atom is 0.253 e. The Hall–Kier alpha value is -1.22. The first-order chi connectivity index (χ1) is 9.15. The molecule has 0 aromatic heterocycles. The molecule has 19 heavy (non-hydrogen) atoms. The van der Waals surface area contributed by atoms with Gasteiger partial charge in [0.15, 0.2) is 0 Å². The van der Waals surface area contributed by atoms with E-state index in [1.54, 1.807) is 18.2 Å². The lowest BCUT2D eigenvalue weighted by Crippen LogP contribution is -2.30. The Bertz CT molecular complexity index is 543. The quantitative estimate of drug-likeness (QED) is 0.816. The standard InChI is InChI=1S/C15H17ClN2O/c16-9-3-4-11(17)10(6-9)15(19)18-14-12-7-1-2-8(5-7)13(12)14/h3-4,6-8,12-14H,1-2,5,17H2,(H,18,19). The van der Waals surface area contributed by atoms with E-state index in [4.69, 9.17) is 17.3 Å². The van der Waals surface area contributed by atoms with Gasteiger partial charge in [0, 0.05) is 16.8 Å². The van der Waals surface area contributed by atoms with Crippen molar-refractivity contribution in [2.45, 2.75) is 25.3 Å². The van der Waals surface area contributed by atoms with Crippen molar-refractivity contribution in [2.75, 3.05) is 5.73 Å². The van der Waals surface area contributed by atoms with Gasteiger partial charge in [-0.15, -0.1) is 0 Å². The van der Waals surface area contributed by atoms with Crippen LogP contribution in [0.25, 0.3) is 0 Å². The van der Waals surface area contributed by atoms with Crippen molar-refractivity contribution in [1.82, 2.24) is 5.32 Å². The highest BCUT2D eigenvalue weighted by atomic mass is 35.5. The van der Waals surface area contributed by atoms with Crippen LogP contribution in [0.15, 0.2) is 18.2 Å². The third-order valence-electron chi connectivity index (χ3n) is 5.29. The lowest BCUT2D eigenvalue weighted by Gasteiger charge is -2.12. The summed E-state index contributed by atoms with van der Waals surface area (Å²) in [4.78, 5) is 12.3. The predicted octanol–water partition coefficient (Wildman–Crippen LogP) is 2.70. The first kappa shape index (κ1) is 11.6. The van der Waals surface area contributed by atoms with Gasteiger partial charge in [-0.1, -0.05) is 11.6 Å². The fraction of sp³-hybridized carbons (Fsp3) is 0.533. The monoisotopic (exact) mass is 276 g/mol. The van der Waals surface area contributed by atoms with Crippen LogP contribution >= 0.6 is 11.6 Å². The number of amides is 1. The maximum absolute atomic E-state index is 12.3. The van der Waals surface area contributed by atoms with E-state index in [-0.39, 0.29) is 5.91 Å². The molecule has 3 N–H and O–H groups in total. The van der Waals surface area contributed by atoms with Gasteiger partial charge in [0.1, 0.15) is 0 Å². The number of anilines is 1.